The van der Waals surface area contributed by atoms with Gasteiger partial charge in [-0.15, -0.1) is 0 Å². The number of piperazine rings is 1. The molecule has 1 heterocycles. The van der Waals surface area contributed by atoms with Gasteiger partial charge in [0.2, 0.25) is 0 Å². The highest BCUT2D eigenvalue weighted by molar-refractivity contribution is 4.75. The van der Waals surface area contributed by atoms with E-state index in [0.717, 1.165) is 32.5 Å². The molecule has 0 spiro atoms. The summed E-state index contributed by atoms with van der Waals surface area (Å²) in [5, 5.41) is 0. The molecule has 6 heteroatoms. The van der Waals surface area contributed by atoms with Gasteiger partial charge in [0.25, 0.3) is 0 Å². The molecule has 19 heavy (non-hydrogen) atoms. The molecular formula is C13H26F3N3. The highest BCUT2D eigenvalue weighted by Gasteiger charge is 2.32. The molecule has 0 aromatic carbocycles. The van der Waals surface area contributed by atoms with Gasteiger partial charge in [0.1, 0.15) is 0 Å². The molecule has 1 rings (SSSR count). The van der Waals surface area contributed by atoms with Crippen molar-refractivity contribution in [3.63, 3.8) is 0 Å². The van der Waals surface area contributed by atoms with E-state index >= 15 is 0 Å². The molecule has 0 amide bonds. The number of rotatable bonds is 6. The molecule has 0 atom stereocenters. The van der Waals surface area contributed by atoms with E-state index in [-0.39, 0.29) is 5.41 Å². The van der Waals surface area contributed by atoms with E-state index in [9.17, 15) is 13.2 Å². The van der Waals surface area contributed by atoms with Gasteiger partial charge in [0, 0.05) is 26.2 Å². The Labute approximate surface area is 113 Å². The van der Waals surface area contributed by atoms with Crippen molar-refractivity contribution in [2.24, 2.45) is 11.1 Å². The van der Waals surface area contributed by atoms with E-state index in [4.69, 9.17) is 5.73 Å². The average molecular weight is 281 g/mol. The lowest BCUT2D eigenvalue weighted by Crippen LogP contribution is -2.49. The minimum Gasteiger partial charge on any atom is -0.330 e. The van der Waals surface area contributed by atoms with E-state index in [1.807, 2.05) is 0 Å². The van der Waals surface area contributed by atoms with Crippen LogP contribution in [0.4, 0.5) is 13.2 Å². The number of alkyl halides is 3. The molecule has 1 fully saturated rings. The van der Waals surface area contributed by atoms with Gasteiger partial charge < -0.3 is 10.6 Å². The predicted molar refractivity (Wildman–Crippen MR) is 71.0 cm³/mol. The fraction of sp³-hybridized carbons (Fsp3) is 1.00. The maximum atomic E-state index is 12.2. The molecule has 1 saturated heterocycles. The van der Waals surface area contributed by atoms with Crippen LogP contribution in [0.25, 0.3) is 0 Å². The Bertz CT molecular complexity index is 258. The van der Waals surface area contributed by atoms with Gasteiger partial charge in [0.15, 0.2) is 0 Å². The molecule has 0 saturated carbocycles. The van der Waals surface area contributed by atoms with Crippen molar-refractivity contribution in [1.29, 1.82) is 0 Å². The number of hydrogen-bond donors (Lipinski definition) is 1. The summed E-state index contributed by atoms with van der Waals surface area (Å²) < 4.78 is 36.7. The number of halogens is 3. The highest BCUT2D eigenvalue weighted by atomic mass is 19.4. The molecule has 0 aromatic heterocycles. The molecule has 3 nitrogen and oxygen atoms in total. The second kappa shape index (κ2) is 6.90. The van der Waals surface area contributed by atoms with Crippen molar-refractivity contribution in [2.45, 2.75) is 32.9 Å². The Kier molecular flexibility index (Phi) is 6.08. The van der Waals surface area contributed by atoms with E-state index in [1.54, 1.807) is 0 Å². The summed E-state index contributed by atoms with van der Waals surface area (Å²) in [6, 6.07) is 0. The van der Waals surface area contributed by atoms with Crippen LogP contribution < -0.4 is 5.73 Å². The Balaban J connectivity index is 2.17. The van der Waals surface area contributed by atoms with E-state index in [0.29, 0.717) is 19.6 Å². The first-order chi connectivity index (χ1) is 8.72. The van der Waals surface area contributed by atoms with Crippen LogP contribution in [0.15, 0.2) is 0 Å². The molecule has 0 aromatic rings. The van der Waals surface area contributed by atoms with Gasteiger partial charge in [-0.25, -0.2) is 0 Å². The van der Waals surface area contributed by atoms with Crippen LogP contribution in [0, 0.1) is 5.41 Å². The highest BCUT2D eigenvalue weighted by Crippen LogP contribution is 2.21. The maximum Gasteiger partial charge on any atom is 0.401 e. The minimum atomic E-state index is -4.08. The second-order valence-electron chi connectivity index (χ2n) is 6.20. The van der Waals surface area contributed by atoms with Crippen molar-refractivity contribution in [1.82, 2.24) is 9.80 Å². The van der Waals surface area contributed by atoms with Crippen molar-refractivity contribution in [2.75, 3.05) is 45.8 Å². The maximum absolute atomic E-state index is 12.2. The summed E-state index contributed by atoms with van der Waals surface area (Å²) in [6.45, 7) is 7.65. The SMILES string of the molecule is CC(C)(CN)CCCN1CCN(CC(F)(F)F)CC1. The van der Waals surface area contributed by atoms with Crippen LogP contribution >= 0.6 is 0 Å². The smallest absolute Gasteiger partial charge is 0.330 e. The number of hydrogen-bond acceptors (Lipinski definition) is 3. The van der Waals surface area contributed by atoms with Gasteiger partial charge in [-0.05, 0) is 31.3 Å². The van der Waals surface area contributed by atoms with Crippen LogP contribution in [0.3, 0.4) is 0 Å². The first-order valence-corrected chi connectivity index (χ1v) is 6.93. The molecular weight excluding hydrogens is 255 g/mol. The zero-order chi connectivity index (χ0) is 14.5. The van der Waals surface area contributed by atoms with Gasteiger partial charge in [-0.2, -0.15) is 13.2 Å². The third kappa shape index (κ3) is 7.13. The van der Waals surface area contributed by atoms with Crippen molar-refractivity contribution in [3.05, 3.63) is 0 Å². The predicted octanol–water partition coefficient (Wildman–Crippen LogP) is 1.93. The topological polar surface area (TPSA) is 32.5 Å². The summed E-state index contributed by atoms with van der Waals surface area (Å²) in [6.07, 6.45) is -1.96. The van der Waals surface area contributed by atoms with Crippen LogP contribution in [0.1, 0.15) is 26.7 Å². The van der Waals surface area contributed by atoms with Crippen LogP contribution in [-0.4, -0.2) is 61.8 Å². The summed E-state index contributed by atoms with van der Waals surface area (Å²) in [5.41, 5.74) is 5.84. The first kappa shape index (κ1) is 16.7. The van der Waals surface area contributed by atoms with Crippen molar-refractivity contribution < 1.29 is 13.2 Å². The number of nitrogens with zero attached hydrogens (tertiary/aromatic N) is 2. The molecule has 0 radical (unpaired) electrons. The van der Waals surface area contributed by atoms with E-state index in [1.165, 1.54) is 4.90 Å². The summed E-state index contributed by atoms with van der Waals surface area (Å²) in [5.74, 6) is 0. The van der Waals surface area contributed by atoms with Gasteiger partial charge in [-0.1, -0.05) is 13.8 Å². The fourth-order valence-corrected chi connectivity index (χ4v) is 2.31. The van der Waals surface area contributed by atoms with Crippen molar-refractivity contribution >= 4 is 0 Å². The van der Waals surface area contributed by atoms with Gasteiger partial charge in [-0.3, -0.25) is 4.90 Å². The lowest BCUT2D eigenvalue weighted by Gasteiger charge is -2.35. The number of nitrogens with two attached hydrogens (primary N) is 1. The van der Waals surface area contributed by atoms with E-state index < -0.39 is 12.7 Å². The molecule has 0 bridgehead atoms. The zero-order valence-electron chi connectivity index (χ0n) is 12.0. The monoisotopic (exact) mass is 281 g/mol. The molecule has 114 valence electrons. The molecule has 2 N–H and O–H groups in total. The lowest BCUT2D eigenvalue weighted by atomic mass is 9.88. The minimum absolute atomic E-state index is 0.165. The Morgan fingerprint density at radius 3 is 2.00 bits per heavy atom. The average Bonchev–Trinajstić information content (AvgIpc) is 2.29. The molecule has 0 aliphatic carbocycles. The fourth-order valence-electron chi connectivity index (χ4n) is 2.31. The summed E-state index contributed by atoms with van der Waals surface area (Å²) in [7, 11) is 0. The lowest BCUT2D eigenvalue weighted by molar-refractivity contribution is -0.149. The Morgan fingerprint density at radius 2 is 1.53 bits per heavy atom. The van der Waals surface area contributed by atoms with Crippen LogP contribution in [0.2, 0.25) is 0 Å². The first-order valence-electron chi connectivity index (χ1n) is 6.93. The summed E-state index contributed by atoms with van der Waals surface area (Å²) >= 11 is 0. The molecule has 1 aliphatic heterocycles. The molecule has 0 unspecified atom stereocenters. The van der Waals surface area contributed by atoms with Crippen molar-refractivity contribution in [3.8, 4) is 0 Å². The third-order valence-electron chi connectivity index (χ3n) is 3.75. The summed E-state index contributed by atoms with van der Waals surface area (Å²) in [4.78, 5) is 3.74. The van der Waals surface area contributed by atoms with E-state index in [2.05, 4.69) is 18.7 Å². The zero-order valence-corrected chi connectivity index (χ0v) is 12.0. The normalized spacial score (nSPS) is 19.9. The molecule has 1 aliphatic rings. The Hall–Kier alpha value is -0.330. The van der Waals surface area contributed by atoms with Crippen LogP contribution in [0.5, 0.6) is 0 Å². The quantitative estimate of drug-likeness (QED) is 0.807. The largest absolute Gasteiger partial charge is 0.401 e. The Morgan fingerprint density at radius 1 is 1.00 bits per heavy atom. The van der Waals surface area contributed by atoms with Crippen LogP contribution in [-0.2, 0) is 0 Å². The second-order valence-corrected chi connectivity index (χ2v) is 6.20. The van der Waals surface area contributed by atoms with Gasteiger partial charge >= 0.3 is 6.18 Å². The third-order valence-corrected chi connectivity index (χ3v) is 3.75. The van der Waals surface area contributed by atoms with Gasteiger partial charge in [0.05, 0.1) is 6.54 Å². The standard InChI is InChI=1S/C13H26F3N3/c1-12(2,10-17)4-3-5-18-6-8-19(9-7-18)11-13(14,15)16/h3-11,17H2,1-2H3.